The normalized spacial score (nSPS) is 10.8. The zero-order valence-electron chi connectivity index (χ0n) is 15.5. The fourth-order valence-corrected chi connectivity index (χ4v) is 3.82. The molecule has 4 aromatic rings. The number of nitrogens with zero attached hydrogens (tertiary/aromatic N) is 1. The van der Waals surface area contributed by atoms with Crippen molar-refractivity contribution in [2.24, 2.45) is 0 Å². The number of benzene rings is 3. The molecule has 0 amide bonds. The van der Waals surface area contributed by atoms with E-state index < -0.39 is 0 Å². The van der Waals surface area contributed by atoms with E-state index in [4.69, 9.17) is 0 Å². The van der Waals surface area contributed by atoms with E-state index in [0.29, 0.717) is 0 Å². The van der Waals surface area contributed by atoms with Crippen LogP contribution in [0.2, 0.25) is 0 Å². The molecule has 0 aliphatic heterocycles. The van der Waals surface area contributed by atoms with Crippen LogP contribution in [0.1, 0.15) is 5.56 Å². The van der Waals surface area contributed by atoms with Crippen molar-refractivity contribution in [2.45, 2.75) is 6.42 Å². The molecule has 5 heteroatoms. The second-order valence-electron chi connectivity index (χ2n) is 6.75. The second-order valence-corrected chi connectivity index (χ2v) is 8.03. The van der Waals surface area contributed by atoms with Crippen LogP contribution in [0.4, 0.5) is 5.69 Å². The van der Waals surface area contributed by atoms with Gasteiger partial charge in [0.1, 0.15) is 0 Å². The summed E-state index contributed by atoms with van der Waals surface area (Å²) >= 11 is 0. The maximum absolute atomic E-state index is 4.28. The highest BCUT2D eigenvalue weighted by atomic mass is 31.0. The summed E-state index contributed by atoms with van der Waals surface area (Å²) in [6.07, 6.45) is 2.90. The van der Waals surface area contributed by atoms with Crippen LogP contribution in [0.25, 0.3) is 22.4 Å². The molecule has 2 N–H and O–H groups in total. The predicted octanol–water partition coefficient (Wildman–Crippen LogP) is 4.40. The minimum atomic E-state index is 0.906. The van der Waals surface area contributed by atoms with Gasteiger partial charge in [0.25, 0.3) is 0 Å². The summed E-state index contributed by atoms with van der Waals surface area (Å²) in [4.78, 5) is 0. The van der Waals surface area contributed by atoms with E-state index in [2.05, 4.69) is 107 Å². The van der Waals surface area contributed by atoms with Gasteiger partial charge in [-0.05, 0) is 40.3 Å². The average molecular weight is 403 g/mol. The van der Waals surface area contributed by atoms with Crippen LogP contribution in [0.5, 0.6) is 0 Å². The standard InChI is InChI=1S/C23H23N3P2/c27-19-9-6-17(7-10-19)23-20(15-25-26-23)18-8-11-21(22(28)14-18)24-13-12-16-4-2-1-3-5-16/h1-11,14-15,24H,12-13,27-28H2,(H,25,26). The topological polar surface area (TPSA) is 40.7 Å². The Kier molecular flexibility index (Phi) is 5.86. The molecule has 3 nitrogen and oxygen atoms in total. The van der Waals surface area contributed by atoms with Crippen molar-refractivity contribution >= 4 is 34.8 Å². The van der Waals surface area contributed by atoms with Gasteiger partial charge in [-0.25, -0.2) is 0 Å². The first-order valence-electron chi connectivity index (χ1n) is 9.28. The molecule has 2 atom stereocenters. The van der Waals surface area contributed by atoms with Gasteiger partial charge in [0, 0.05) is 23.4 Å². The molecule has 1 aromatic heterocycles. The Balaban J connectivity index is 1.51. The van der Waals surface area contributed by atoms with Crippen molar-refractivity contribution in [3.63, 3.8) is 0 Å². The van der Waals surface area contributed by atoms with Crippen LogP contribution < -0.4 is 15.9 Å². The Labute approximate surface area is 170 Å². The summed E-state index contributed by atoms with van der Waals surface area (Å²) in [7, 11) is 5.56. The summed E-state index contributed by atoms with van der Waals surface area (Å²) in [5.74, 6) is 0. The minimum Gasteiger partial charge on any atom is -0.384 e. The fourth-order valence-electron chi connectivity index (χ4n) is 3.25. The van der Waals surface area contributed by atoms with Crippen LogP contribution in [-0.2, 0) is 6.42 Å². The van der Waals surface area contributed by atoms with Crippen molar-refractivity contribution in [1.29, 1.82) is 0 Å². The molecule has 2 unspecified atom stereocenters. The number of H-pyrrole nitrogens is 1. The molecule has 1 heterocycles. The summed E-state index contributed by atoms with van der Waals surface area (Å²) in [6, 6.07) is 25.4. The summed E-state index contributed by atoms with van der Waals surface area (Å²) in [6.45, 7) is 0.906. The molecule has 0 saturated heterocycles. The summed E-state index contributed by atoms with van der Waals surface area (Å²) in [5, 5.41) is 13.3. The predicted molar refractivity (Wildman–Crippen MR) is 127 cm³/mol. The summed E-state index contributed by atoms with van der Waals surface area (Å²) < 4.78 is 0. The smallest absolute Gasteiger partial charge is 0.0728 e. The van der Waals surface area contributed by atoms with Gasteiger partial charge in [0.05, 0.1) is 11.9 Å². The minimum absolute atomic E-state index is 0.906. The molecular weight excluding hydrogens is 380 g/mol. The first-order chi connectivity index (χ1) is 13.7. The third-order valence-electron chi connectivity index (χ3n) is 4.77. The van der Waals surface area contributed by atoms with E-state index in [1.54, 1.807) is 0 Å². The first kappa shape index (κ1) is 18.9. The number of aromatic amines is 1. The van der Waals surface area contributed by atoms with E-state index in [0.717, 1.165) is 46.3 Å². The molecule has 0 bridgehead atoms. The average Bonchev–Trinajstić information content (AvgIpc) is 3.20. The molecule has 0 saturated carbocycles. The van der Waals surface area contributed by atoms with E-state index >= 15 is 0 Å². The Hall–Kier alpha value is -2.47. The van der Waals surface area contributed by atoms with Crippen LogP contribution >= 0.6 is 18.5 Å². The van der Waals surface area contributed by atoms with Crippen LogP contribution in [-0.4, -0.2) is 16.7 Å². The van der Waals surface area contributed by atoms with Gasteiger partial charge in [0.2, 0.25) is 0 Å². The lowest BCUT2D eigenvalue weighted by atomic mass is 10.0. The van der Waals surface area contributed by atoms with E-state index in [-0.39, 0.29) is 0 Å². The highest BCUT2D eigenvalue weighted by molar-refractivity contribution is 7.28. The van der Waals surface area contributed by atoms with E-state index in [1.807, 2.05) is 6.20 Å². The van der Waals surface area contributed by atoms with Gasteiger partial charge in [-0.15, -0.1) is 18.5 Å². The SMILES string of the molecule is Pc1ccc(-c2[nH]ncc2-c2ccc(NCCc3ccccc3)c(P)c2)cc1. The molecular formula is C23H23N3P2. The van der Waals surface area contributed by atoms with Gasteiger partial charge in [-0.2, -0.15) is 5.10 Å². The quantitative estimate of drug-likeness (QED) is 0.469. The number of hydrogen-bond donors (Lipinski definition) is 2. The van der Waals surface area contributed by atoms with Gasteiger partial charge in [-0.1, -0.05) is 60.7 Å². The Morgan fingerprint density at radius 2 is 1.61 bits per heavy atom. The van der Waals surface area contributed by atoms with Gasteiger partial charge < -0.3 is 5.32 Å². The van der Waals surface area contributed by atoms with Gasteiger partial charge in [-0.3, -0.25) is 5.10 Å². The molecule has 0 aliphatic rings. The zero-order valence-corrected chi connectivity index (χ0v) is 17.8. The van der Waals surface area contributed by atoms with Gasteiger partial charge in [0.15, 0.2) is 0 Å². The third kappa shape index (κ3) is 4.33. The Morgan fingerprint density at radius 3 is 2.36 bits per heavy atom. The van der Waals surface area contributed by atoms with Crippen molar-refractivity contribution in [1.82, 2.24) is 10.2 Å². The number of anilines is 1. The van der Waals surface area contributed by atoms with Crippen LogP contribution in [0.3, 0.4) is 0 Å². The largest absolute Gasteiger partial charge is 0.384 e. The van der Waals surface area contributed by atoms with Gasteiger partial charge >= 0.3 is 0 Å². The third-order valence-corrected chi connectivity index (χ3v) is 5.64. The number of hydrogen-bond acceptors (Lipinski definition) is 2. The summed E-state index contributed by atoms with van der Waals surface area (Å²) in [5.41, 5.74) is 6.92. The van der Waals surface area contributed by atoms with Crippen molar-refractivity contribution in [2.75, 3.05) is 11.9 Å². The first-order valence-corrected chi connectivity index (χ1v) is 10.4. The second kappa shape index (κ2) is 8.69. The molecule has 0 aliphatic carbocycles. The molecule has 140 valence electrons. The van der Waals surface area contributed by atoms with Crippen molar-refractivity contribution in [3.05, 3.63) is 84.6 Å². The van der Waals surface area contributed by atoms with Crippen LogP contribution in [0, 0.1) is 0 Å². The fraction of sp³-hybridized carbons (Fsp3) is 0.0870. The maximum atomic E-state index is 4.28. The molecule has 4 rings (SSSR count). The van der Waals surface area contributed by atoms with E-state index in [9.17, 15) is 0 Å². The number of nitrogens with one attached hydrogen (secondary N) is 2. The molecule has 0 spiro atoms. The lowest BCUT2D eigenvalue weighted by Gasteiger charge is -2.12. The van der Waals surface area contributed by atoms with Crippen molar-refractivity contribution in [3.8, 4) is 22.4 Å². The Bertz CT molecular complexity index is 1060. The molecule has 0 fully saturated rings. The maximum Gasteiger partial charge on any atom is 0.0728 e. The lowest BCUT2D eigenvalue weighted by Crippen LogP contribution is -2.10. The van der Waals surface area contributed by atoms with Crippen LogP contribution in [0.15, 0.2) is 79.0 Å². The zero-order chi connectivity index (χ0) is 19.3. The monoisotopic (exact) mass is 403 g/mol. The molecule has 0 radical (unpaired) electrons. The molecule has 3 aromatic carbocycles. The Morgan fingerprint density at radius 1 is 0.857 bits per heavy atom. The van der Waals surface area contributed by atoms with Crippen molar-refractivity contribution < 1.29 is 0 Å². The highest BCUT2D eigenvalue weighted by Crippen LogP contribution is 2.30. The number of aromatic nitrogens is 2. The number of rotatable bonds is 6. The molecule has 28 heavy (non-hydrogen) atoms. The van der Waals surface area contributed by atoms with E-state index in [1.165, 1.54) is 10.9 Å². The highest BCUT2D eigenvalue weighted by Gasteiger charge is 2.11. The lowest BCUT2D eigenvalue weighted by molar-refractivity contribution is 1.02.